The van der Waals surface area contributed by atoms with Crippen molar-refractivity contribution in [3.05, 3.63) is 36.7 Å². The van der Waals surface area contributed by atoms with Gasteiger partial charge in [-0.2, -0.15) is 0 Å². The lowest BCUT2D eigenvalue weighted by molar-refractivity contribution is -0.121. The zero-order valence-corrected chi connectivity index (χ0v) is 14.3. The monoisotopic (exact) mass is 343 g/mol. The van der Waals surface area contributed by atoms with Crippen LogP contribution in [0.1, 0.15) is 23.4 Å². The highest BCUT2D eigenvalue weighted by Gasteiger charge is 2.29. The summed E-state index contributed by atoms with van der Waals surface area (Å²) in [5, 5.41) is 2.91. The Labute approximate surface area is 145 Å². The molecule has 0 atom stereocenters. The van der Waals surface area contributed by atoms with E-state index in [-0.39, 0.29) is 17.7 Å². The zero-order valence-electron chi connectivity index (χ0n) is 14.3. The van der Waals surface area contributed by atoms with Gasteiger partial charge in [-0.1, -0.05) is 0 Å². The molecular formula is C17H21N5O3. The summed E-state index contributed by atoms with van der Waals surface area (Å²) in [6.45, 7) is 1.06. The predicted octanol–water partition coefficient (Wildman–Crippen LogP) is 1.63. The number of likely N-dealkylation sites (tertiary alicyclic amines) is 1. The minimum Gasteiger partial charge on any atom is -0.459 e. The molecule has 132 valence electrons. The topological polar surface area (TPSA) is 91.6 Å². The Bertz CT molecular complexity index is 737. The number of nitrogens with zero attached hydrogens (tertiary/aromatic N) is 4. The van der Waals surface area contributed by atoms with Crippen LogP contribution in [0.2, 0.25) is 0 Å². The Morgan fingerprint density at radius 3 is 2.72 bits per heavy atom. The van der Waals surface area contributed by atoms with E-state index < -0.39 is 0 Å². The summed E-state index contributed by atoms with van der Waals surface area (Å²) in [4.78, 5) is 36.5. The van der Waals surface area contributed by atoms with Crippen LogP contribution in [-0.4, -0.2) is 53.9 Å². The molecule has 8 heteroatoms. The van der Waals surface area contributed by atoms with Gasteiger partial charge in [0.1, 0.15) is 12.0 Å². The van der Waals surface area contributed by atoms with Crippen molar-refractivity contribution in [2.24, 2.45) is 5.92 Å². The molecule has 0 spiro atoms. The second-order valence-corrected chi connectivity index (χ2v) is 6.19. The van der Waals surface area contributed by atoms with Crippen LogP contribution in [0.15, 0.2) is 35.3 Å². The van der Waals surface area contributed by atoms with Gasteiger partial charge in [0, 0.05) is 33.1 Å². The molecular weight excluding hydrogens is 322 g/mol. The van der Waals surface area contributed by atoms with E-state index >= 15 is 0 Å². The fraction of sp³-hybridized carbons (Fsp3) is 0.412. The van der Waals surface area contributed by atoms with Crippen molar-refractivity contribution in [1.29, 1.82) is 0 Å². The third-order valence-corrected chi connectivity index (χ3v) is 4.26. The summed E-state index contributed by atoms with van der Waals surface area (Å²) in [5.41, 5.74) is 0.589. The lowest BCUT2D eigenvalue weighted by Crippen LogP contribution is -2.41. The number of hydrogen-bond donors (Lipinski definition) is 1. The smallest absolute Gasteiger partial charge is 0.289 e. The molecule has 0 aromatic carbocycles. The van der Waals surface area contributed by atoms with Crippen LogP contribution in [-0.2, 0) is 4.79 Å². The van der Waals surface area contributed by atoms with E-state index in [1.807, 2.05) is 19.0 Å². The third kappa shape index (κ3) is 3.78. The number of anilines is 2. The number of nitrogens with one attached hydrogen (secondary N) is 1. The van der Waals surface area contributed by atoms with Crippen LogP contribution in [0.5, 0.6) is 0 Å². The van der Waals surface area contributed by atoms with Gasteiger partial charge in [0.05, 0.1) is 12.5 Å². The van der Waals surface area contributed by atoms with Crippen molar-refractivity contribution in [2.45, 2.75) is 12.8 Å². The number of aromatic nitrogens is 2. The Morgan fingerprint density at radius 2 is 2.08 bits per heavy atom. The number of hydrogen-bond acceptors (Lipinski definition) is 6. The van der Waals surface area contributed by atoms with Crippen LogP contribution in [0.25, 0.3) is 0 Å². The maximum absolute atomic E-state index is 12.5. The summed E-state index contributed by atoms with van der Waals surface area (Å²) < 4.78 is 5.15. The number of furan rings is 1. The molecule has 1 aliphatic rings. The van der Waals surface area contributed by atoms with Gasteiger partial charge < -0.3 is 19.5 Å². The normalized spacial score (nSPS) is 15.0. The first-order chi connectivity index (χ1) is 12.1. The Kier molecular flexibility index (Phi) is 4.97. The number of carbonyl (C=O) groups is 2. The molecule has 1 N–H and O–H groups in total. The highest BCUT2D eigenvalue weighted by Crippen LogP contribution is 2.24. The maximum atomic E-state index is 12.5. The first-order valence-corrected chi connectivity index (χ1v) is 8.17. The van der Waals surface area contributed by atoms with E-state index in [0.717, 1.165) is 0 Å². The average molecular weight is 343 g/mol. The molecule has 0 bridgehead atoms. The van der Waals surface area contributed by atoms with E-state index in [1.165, 1.54) is 12.6 Å². The van der Waals surface area contributed by atoms with Crippen LogP contribution < -0.4 is 10.2 Å². The lowest BCUT2D eigenvalue weighted by Gasteiger charge is -2.31. The van der Waals surface area contributed by atoms with Gasteiger partial charge in [0.2, 0.25) is 5.91 Å². The van der Waals surface area contributed by atoms with Gasteiger partial charge in [-0.25, -0.2) is 9.97 Å². The molecule has 0 aliphatic carbocycles. The lowest BCUT2D eigenvalue weighted by atomic mass is 9.95. The van der Waals surface area contributed by atoms with Gasteiger partial charge in [0.25, 0.3) is 5.91 Å². The van der Waals surface area contributed by atoms with E-state index in [9.17, 15) is 9.59 Å². The molecule has 2 amide bonds. The highest BCUT2D eigenvalue weighted by molar-refractivity contribution is 5.95. The molecule has 3 heterocycles. The molecule has 3 rings (SSSR count). The van der Waals surface area contributed by atoms with Crippen molar-refractivity contribution in [3.63, 3.8) is 0 Å². The molecule has 2 aromatic rings. The van der Waals surface area contributed by atoms with Crippen molar-refractivity contribution in [2.75, 3.05) is 37.4 Å². The molecule has 1 aliphatic heterocycles. The molecule has 2 aromatic heterocycles. The second kappa shape index (κ2) is 7.33. The van der Waals surface area contributed by atoms with Crippen LogP contribution in [0, 0.1) is 5.92 Å². The molecule has 1 fully saturated rings. The Hall–Kier alpha value is -2.90. The Morgan fingerprint density at radius 1 is 1.32 bits per heavy atom. The quantitative estimate of drug-likeness (QED) is 0.907. The standard InChI is InChI=1S/C17H21N5O3/c1-21(2)15-13(10-18-11-19-15)20-16(23)12-5-7-22(8-6-12)17(24)14-4-3-9-25-14/h3-4,9-12H,5-8H2,1-2H3,(H,20,23). The fourth-order valence-corrected chi connectivity index (χ4v) is 2.90. The SMILES string of the molecule is CN(C)c1ncncc1NC(=O)C1CCN(C(=O)c2ccco2)CC1. The molecule has 25 heavy (non-hydrogen) atoms. The van der Waals surface area contributed by atoms with E-state index in [0.29, 0.717) is 43.2 Å². The summed E-state index contributed by atoms with van der Waals surface area (Å²) in [6, 6.07) is 3.34. The van der Waals surface area contributed by atoms with Crippen molar-refractivity contribution >= 4 is 23.3 Å². The van der Waals surface area contributed by atoms with E-state index in [4.69, 9.17) is 4.42 Å². The van der Waals surface area contributed by atoms with Gasteiger partial charge in [-0.05, 0) is 25.0 Å². The van der Waals surface area contributed by atoms with Crippen molar-refractivity contribution in [1.82, 2.24) is 14.9 Å². The largest absolute Gasteiger partial charge is 0.459 e. The minimum atomic E-state index is -0.143. The fourth-order valence-electron chi connectivity index (χ4n) is 2.90. The molecule has 0 saturated carbocycles. The number of rotatable bonds is 4. The van der Waals surface area contributed by atoms with Gasteiger partial charge in [-0.3, -0.25) is 9.59 Å². The summed E-state index contributed by atoms with van der Waals surface area (Å²) in [7, 11) is 3.72. The average Bonchev–Trinajstić information content (AvgIpc) is 3.16. The first-order valence-electron chi connectivity index (χ1n) is 8.17. The van der Waals surface area contributed by atoms with Gasteiger partial charge in [0.15, 0.2) is 11.6 Å². The van der Waals surface area contributed by atoms with Crippen molar-refractivity contribution in [3.8, 4) is 0 Å². The second-order valence-electron chi connectivity index (χ2n) is 6.19. The van der Waals surface area contributed by atoms with Gasteiger partial charge >= 0.3 is 0 Å². The third-order valence-electron chi connectivity index (χ3n) is 4.26. The number of piperidine rings is 1. The molecule has 0 radical (unpaired) electrons. The van der Waals surface area contributed by atoms with Crippen LogP contribution in [0.3, 0.4) is 0 Å². The highest BCUT2D eigenvalue weighted by atomic mass is 16.3. The molecule has 0 unspecified atom stereocenters. The zero-order chi connectivity index (χ0) is 17.8. The predicted molar refractivity (Wildman–Crippen MR) is 92.3 cm³/mol. The first kappa shape index (κ1) is 16.9. The Balaban J connectivity index is 1.58. The van der Waals surface area contributed by atoms with E-state index in [1.54, 1.807) is 23.2 Å². The molecule has 8 nitrogen and oxygen atoms in total. The van der Waals surface area contributed by atoms with Crippen LogP contribution in [0.4, 0.5) is 11.5 Å². The van der Waals surface area contributed by atoms with E-state index in [2.05, 4.69) is 15.3 Å². The maximum Gasteiger partial charge on any atom is 0.289 e. The molecule has 1 saturated heterocycles. The van der Waals surface area contributed by atoms with Gasteiger partial charge in [-0.15, -0.1) is 0 Å². The summed E-state index contributed by atoms with van der Waals surface area (Å²) in [6.07, 6.45) is 5.75. The van der Waals surface area contributed by atoms with Crippen molar-refractivity contribution < 1.29 is 14.0 Å². The number of amides is 2. The minimum absolute atomic E-state index is 0.0667. The summed E-state index contributed by atoms with van der Waals surface area (Å²) in [5.74, 6) is 0.655. The summed E-state index contributed by atoms with van der Waals surface area (Å²) >= 11 is 0. The number of carbonyl (C=O) groups excluding carboxylic acids is 2. The van der Waals surface area contributed by atoms with Crippen LogP contribution >= 0.6 is 0 Å².